The molecular formula is C22H19ClF3NO4S. The number of hydrogen-bond acceptors (Lipinski definition) is 4. The van der Waals surface area contributed by atoms with Gasteiger partial charge in [0.25, 0.3) is 5.91 Å². The number of hydrogen-bond donors (Lipinski definition) is 1. The zero-order chi connectivity index (χ0) is 23.2. The summed E-state index contributed by atoms with van der Waals surface area (Å²) in [4.78, 5) is 24.1. The molecule has 3 atom stereocenters. The van der Waals surface area contributed by atoms with Crippen molar-refractivity contribution in [2.75, 3.05) is 11.1 Å². The normalized spacial score (nSPS) is 22.8. The Labute approximate surface area is 187 Å². The van der Waals surface area contributed by atoms with Crippen molar-refractivity contribution in [2.45, 2.75) is 30.6 Å². The number of Topliss-reactive ketones (excluding diaryl/α,β-unsaturated/α-hetero) is 1. The van der Waals surface area contributed by atoms with Gasteiger partial charge in [-0.2, -0.15) is 0 Å². The first kappa shape index (κ1) is 22.8. The minimum Gasteiger partial charge on any atom is -0.322 e. The SMILES string of the molecule is O=C1CC2CC[C@@H](C1)C2CS(=O)(=O)c1cc(C(=O)Nc2cc(F)c(F)c(F)c2)ccc1Cl. The van der Waals surface area contributed by atoms with Crippen molar-refractivity contribution < 1.29 is 31.2 Å². The van der Waals surface area contributed by atoms with E-state index in [0.29, 0.717) is 25.0 Å². The molecule has 2 unspecified atom stereocenters. The van der Waals surface area contributed by atoms with Crippen LogP contribution in [0.5, 0.6) is 0 Å². The minimum absolute atomic E-state index is 0.0320. The summed E-state index contributed by atoms with van der Waals surface area (Å²) in [6.45, 7) is 0. The van der Waals surface area contributed by atoms with Crippen LogP contribution in [0.2, 0.25) is 5.02 Å². The molecule has 170 valence electrons. The molecule has 0 saturated heterocycles. The number of fused-ring (bicyclic) bond motifs is 2. The van der Waals surface area contributed by atoms with Crippen molar-refractivity contribution in [1.29, 1.82) is 0 Å². The van der Waals surface area contributed by atoms with E-state index in [1.807, 2.05) is 0 Å². The van der Waals surface area contributed by atoms with Crippen LogP contribution in [0, 0.1) is 35.2 Å². The van der Waals surface area contributed by atoms with Gasteiger partial charge in [-0.1, -0.05) is 11.6 Å². The number of carbonyl (C=O) groups is 2. The largest absolute Gasteiger partial charge is 0.322 e. The summed E-state index contributed by atoms with van der Waals surface area (Å²) >= 11 is 6.13. The van der Waals surface area contributed by atoms with Crippen molar-refractivity contribution >= 4 is 38.8 Å². The van der Waals surface area contributed by atoms with Gasteiger partial charge in [-0.15, -0.1) is 0 Å². The molecule has 2 fully saturated rings. The molecule has 10 heteroatoms. The average molecular weight is 486 g/mol. The van der Waals surface area contributed by atoms with Gasteiger partial charge in [0.2, 0.25) is 0 Å². The van der Waals surface area contributed by atoms with Gasteiger partial charge in [0.1, 0.15) is 5.78 Å². The van der Waals surface area contributed by atoms with E-state index in [1.54, 1.807) is 0 Å². The Kier molecular flexibility index (Phi) is 6.06. The lowest BCUT2D eigenvalue weighted by Gasteiger charge is -2.29. The number of rotatable bonds is 5. The van der Waals surface area contributed by atoms with Crippen molar-refractivity contribution in [3.63, 3.8) is 0 Å². The van der Waals surface area contributed by atoms with Gasteiger partial charge >= 0.3 is 0 Å². The van der Waals surface area contributed by atoms with E-state index in [9.17, 15) is 31.2 Å². The molecule has 5 nitrogen and oxygen atoms in total. The van der Waals surface area contributed by atoms with Gasteiger partial charge in [0.05, 0.1) is 15.7 Å². The smallest absolute Gasteiger partial charge is 0.255 e. The summed E-state index contributed by atoms with van der Waals surface area (Å²) in [5, 5.41) is 2.16. The van der Waals surface area contributed by atoms with Gasteiger partial charge < -0.3 is 5.32 Å². The summed E-state index contributed by atoms with van der Waals surface area (Å²) in [6.07, 6.45) is 2.41. The van der Waals surface area contributed by atoms with Crippen LogP contribution in [0.1, 0.15) is 36.0 Å². The fraction of sp³-hybridized carbons (Fsp3) is 0.364. The molecule has 2 bridgehead atoms. The number of carbonyl (C=O) groups excluding carboxylic acids is 2. The maximum absolute atomic E-state index is 13.4. The summed E-state index contributed by atoms with van der Waals surface area (Å²) in [6, 6.07) is 4.87. The Balaban J connectivity index is 1.57. The molecule has 1 amide bonds. The predicted octanol–water partition coefficient (Wildman–Crippen LogP) is 4.79. The Morgan fingerprint density at radius 2 is 1.62 bits per heavy atom. The molecule has 0 heterocycles. The summed E-state index contributed by atoms with van der Waals surface area (Å²) in [5.74, 6) is -5.54. The molecule has 0 aromatic heterocycles. The number of benzene rings is 2. The third-order valence-corrected chi connectivity index (χ3v) is 8.55. The summed E-state index contributed by atoms with van der Waals surface area (Å²) in [7, 11) is -3.87. The fourth-order valence-corrected chi connectivity index (χ4v) is 7.12. The maximum atomic E-state index is 13.4. The molecule has 1 N–H and O–H groups in total. The first-order valence-electron chi connectivity index (χ1n) is 10.0. The topological polar surface area (TPSA) is 80.3 Å². The predicted molar refractivity (Wildman–Crippen MR) is 112 cm³/mol. The highest BCUT2D eigenvalue weighted by Gasteiger charge is 2.44. The van der Waals surface area contributed by atoms with Crippen LogP contribution < -0.4 is 5.32 Å². The van der Waals surface area contributed by atoms with E-state index in [1.165, 1.54) is 12.1 Å². The number of halogens is 4. The van der Waals surface area contributed by atoms with Crippen molar-refractivity contribution in [2.24, 2.45) is 17.8 Å². The number of anilines is 1. The molecule has 2 aromatic carbocycles. The molecule has 0 radical (unpaired) electrons. The average Bonchev–Trinajstić information content (AvgIpc) is 2.94. The molecule has 2 aliphatic carbocycles. The monoisotopic (exact) mass is 485 g/mol. The quantitative estimate of drug-likeness (QED) is 0.617. The lowest BCUT2D eigenvalue weighted by atomic mass is 9.79. The van der Waals surface area contributed by atoms with Crippen molar-refractivity contribution in [1.82, 2.24) is 0 Å². The van der Waals surface area contributed by atoms with Crippen molar-refractivity contribution in [3.05, 3.63) is 58.4 Å². The minimum atomic E-state index is -3.87. The molecule has 2 aliphatic rings. The number of sulfone groups is 1. The van der Waals surface area contributed by atoms with Gasteiger partial charge in [-0.3, -0.25) is 9.59 Å². The van der Waals surface area contributed by atoms with E-state index in [4.69, 9.17) is 11.6 Å². The van der Waals surface area contributed by atoms with Crippen LogP contribution >= 0.6 is 11.6 Å². The second-order valence-electron chi connectivity index (χ2n) is 8.34. The van der Waals surface area contributed by atoms with E-state index in [0.717, 1.165) is 18.9 Å². The van der Waals surface area contributed by atoms with E-state index >= 15 is 0 Å². The molecule has 4 rings (SSSR count). The number of amides is 1. The van der Waals surface area contributed by atoms with Gasteiger partial charge in [0, 0.05) is 36.2 Å². The highest BCUT2D eigenvalue weighted by atomic mass is 35.5. The third-order valence-electron chi connectivity index (χ3n) is 6.28. The fourth-order valence-electron chi connectivity index (χ4n) is 4.75. The van der Waals surface area contributed by atoms with E-state index in [2.05, 4.69) is 5.32 Å². The van der Waals surface area contributed by atoms with E-state index in [-0.39, 0.29) is 50.5 Å². The second-order valence-corrected chi connectivity index (χ2v) is 10.8. The zero-order valence-electron chi connectivity index (χ0n) is 16.7. The first-order chi connectivity index (χ1) is 15.0. The van der Waals surface area contributed by atoms with Gasteiger partial charge in [-0.05, 0) is 48.8 Å². The van der Waals surface area contributed by atoms with Crippen LogP contribution in [0.4, 0.5) is 18.9 Å². The van der Waals surface area contributed by atoms with Crippen LogP contribution in [-0.4, -0.2) is 25.9 Å². The van der Waals surface area contributed by atoms with Gasteiger partial charge in [-0.25, -0.2) is 21.6 Å². The van der Waals surface area contributed by atoms with Crippen LogP contribution in [0.25, 0.3) is 0 Å². The van der Waals surface area contributed by atoms with Crippen LogP contribution in [0.15, 0.2) is 35.2 Å². The number of ketones is 1. The second kappa shape index (κ2) is 8.51. The molecule has 2 aromatic rings. The number of nitrogens with one attached hydrogen (secondary N) is 1. The Morgan fingerprint density at radius 1 is 1.03 bits per heavy atom. The molecule has 2 saturated carbocycles. The maximum Gasteiger partial charge on any atom is 0.255 e. The third kappa shape index (κ3) is 4.41. The Hall–Kier alpha value is -2.39. The Bertz CT molecular complexity index is 1180. The first-order valence-corrected chi connectivity index (χ1v) is 12.1. The lowest BCUT2D eigenvalue weighted by Crippen LogP contribution is -2.31. The molecule has 0 aliphatic heterocycles. The van der Waals surface area contributed by atoms with Crippen molar-refractivity contribution in [3.8, 4) is 0 Å². The van der Waals surface area contributed by atoms with Gasteiger partial charge in [0.15, 0.2) is 27.3 Å². The van der Waals surface area contributed by atoms with E-state index < -0.39 is 33.2 Å². The zero-order valence-corrected chi connectivity index (χ0v) is 18.3. The summed E-state index contributed by atoms with van der Waals surface area (Å²) < 4.78 is 66.2. The van der Waals surface area contributed by atoms with Crippen LogP contribution in [0.3, 0.4) is 0 Å². The standard InChI is InChI=1S/C22H19ClF3NO4S/c23-17-4-3-13(22(29)27-14-8-18(24)21(26)19(25)9-14)7-20(17)32(30,31)10-16-11-1-2-12(16)6-15(28)5-11/h3-4,7-9,11-12,16H,1-2,5-6,10H2,(H,27,29)/t11-,12?,16?/m0/s1. The Morgan fingerprint density at radius 3 is 2.22 bits per heavy atom. The highest BCUT2D eigenvalue weighted by Crippen LogP contribution is 2.46. The lowest BCUT2D eigenvalue weighted by molar-refractivity contribution is -0.122. The molecule has 0 spiro atoms. The molecule has 32 heavy (non-hydrogen) atoms. The molecular weight excluding hydrogens is 467 g/mol. The van der Waals surface area contributed by atoms with Crippen LogP contribution in [-0.2, 0) is 14.6 Å². The summed E-state index contributed by atoms with van der Waals surface area (Å²) in [5.41, 5.74) is -0.422. The highest BCUT2D eigenvalue weighted by molar-refractivity contribution is 7.91.